The van der Waals surface area contributed by atoms with Gasteiger partial charge in [0.15, 0.2) is 0 Å². The van der Waals surface area contributed by atoms with Crippen LogP contribution in [0.15, 0.2) is 24.8 Å². The summed E-state index contributed by atoms with van der Waals surface area (Å²) in [7, 11) is 0. The zero-order valence-corrected chi connectivity index (χ0v) is 11.8. The Hall–Kier alpha value is -2.37. The standard InChI is InChI=1S/C14H18N2O4/c1-5-10-6-11(8-12(7-10)16(18)19)9-15-13(17)20-14(2,3)4/h5-8H,1,9H2,2-4H3,(H,15,17). The predicted octanol–water partition coefficient (Wildman–Crippen LogP) is 3.26. The van der Waals surface area contributed by atoms with E-state index in [1.807, 2.05) is 0 Å². The fourth-order valence-corrected chi connectivity index (χ4v) is 1.51. The molecule has 0 radical (unpaired) electrons. The lowest BCUT2D eigenvalue weighted by atomic mass is 10.1. The van der Waals surface area contributed by atoms with Crippen molar-refractivity contribution in [3.8, 4) is 0 Å². The average molecular weight is 278 g/mol. The third kappa shape index (κ3) is 5.09. The van der Waals surface area contributed by atoms with Crippen LogP contribution in [-0.2, 0) is 11.3 Å². The molecule has 1 rings (SSSR count). The molecule has 0 spiro atoms. The summed E-state index contributed by atoms with van der Waals surface area (Å²) in [6.45, 7) is 9.01. The molecule has 1 N–H and O–H groups in total. The largest absolute Gasteiger partial charge is 0.444 e. The lowest BCUT2D eigenvalue weighted by Gasteiger charge is -2.19. The van der Waals surface area contributed by atoms with Crippen molar-refractivity contribution in [1.82, 2.24) is 5.32 Å². The molecule has 0 atom stereocenters. The Labute approximate surface area is 117 Å². The van der Waals surface area contributed by atoms with Crippen molar-refractivity contribution in [2.45, 2.75) is 32.9 Å². The Morgan fingerprint density at radius 3 is 2.60 bits per heavy atom. The van der Waals surface area contributed by atoms with Crippen LogP contribution in [0.1, 0.15) is 31.9 Å². The van der Waals surface area contributed by atoms with E-state index in [0.717, 1.165) is 0 Å². The summed E-state index contributed by atoms with van der Waals surface area (Å²) in [6, 6.07) is 4.55. The van der Waals surface area contributed by atoms with Gasteiger partial charge in [-0.25, -0.2) is 4.79 Å². The molecule has 0 aromatic heterocycles. The maximum Gasteiger partial charge on any atom is 0.407 e. The van der Waals surface area contributed by atoms with Crippen LogP contribution < -0.4 is 5.32 Å². The van der Waals surface area contributed by atoms with Gasteiger partial charge in [-0.05, 0) is 38.0 Å². The van der Waals surface area contributed by atoms with E-state index >= 15 is 0 Å². The highest BCUT2D eigenvalue weighted by atomic mass is 16.6. The maximum atomic E-state index is 11.5. The molecular formula is C14H18N2O4. The minimum absolute atomic E-state index is 0.0385. The summed E-state index contributed by atoms with van der Waals surface area (Å²) in [6.07, 6.45) is 0.952. The summed E-state index contributed by atoms with van der Waals surface area (Å²) in [4.78, 5) is 21.8. The van der Waals surface area contributed by atoms with E-state index in [9.17, 15) is 14.9 Å². The monoisotopic (exact) mass is 278 g/mol. The number of amides is 1. The second kappa shape index (κ2) is 6.18. The Bertz CT molecular complexity index is 532. The first-order valence-corrected chi connectivity index (χ1v) is 6.09. The third-order valence-corrected chi connectivity index (χ3v) is 2.28. The number of hydrogen-bond acceptors (Lipinski definition) is 4. The van der Waals surface area contributed by atoms with E-state index in [-0.39, 0.29) is 12.2 Å². The van der Waals surface area contributed by atoms with Gasteiger partial charge in [0.2, 0.25) is 0 Å². The highest BCUT2D eigenvalue weighted by molar-refractivity contribution is 5.67. The van der Waals surface area contributed by atoms with Crippen molar-refractivity contribution < 1.29 is 14.5 Å². The Kier molecular flexibility index (Phi) is 4.85. The van der Waals surface area contributed by atoms with Gasteiger partial charge >= 0.3 is 6.09 Å². The first-order chi connectivity index (χ1) is 9.21. The molecular weight excluding hydrogens is 260 g/mol. The van der Waals surface area contributed by atoms with Gasteiger partial charge in [-0.3, -0.25) is 10.1 Å². The van der Waals surface area contributed by atoms with Crippen LogP contribution in [0.2, 0.25) is 0 Å². The van der Waals surface area contributed by atoms with Crippen LogP contribution in [-0.4, -0.2) is 16.6 Å². The van der Waals surface area contributed by atoms with Crippen LogP contribution in [0.4, 0.5) is 10.5 Å². The zero-order valence-electron chi connectivity index (χ0n) is 11.8. The van der Waals surface area contributed by atoms with E-state index in [1.54, 1.807) is 26.8 Å². The molecule has 6 heteroatoms. The first-order valence-electron chi connectivity index (χ1n) is 6.09. The normalized spacial score (nSPS) is 10.8. The molecule has 1 aromatic rings. The maximum absolute atomic E-state index is 11.5. The predicted molar refractivity (Wildman–Crippen MR) is 76.3 cm³/mol. The lowest BCUT2D eigenvalue weighted by molar-refractivity contribution is -0.384. The second-order valence-corrected chi connectivity index (χ2v) is 5.25. The number of non-ortho nitro benzene ring substituents is 1. The third-order valence-electron chi connectivity index (χ3n) is 2.28. The minimum Gasteiger partial charge on any atom is -0.444 e. The average Bonchev–Trinajstić information content (AvgIpc) is 2.33. The molecule has 0 aliphatic heterocycles. The van der Waals surface area contributed by atoms with Gasteiger partial charge in [0, 0.05) is 18.7 Å². The van der Waals surface area contributed by atoms with E-state index < -0.39 is 16.6 Å². The highest BCUT2D eigenvalue weighted by Gasteiger charge is 2.16. The number of benzene rings is 1. The van der Waals surface area contributed by atoms with Crippen molar-refractivity contribution in [3.63, 3.8) is 0 Å². The van der Waals surface area contributed by atoms with Crippen LogP contribution in [0.3, 0.4) is 0 Å². The van der Waals surface area contributed by atoms with Crippen LogP contribution >= 0.6 is 0 Å². The topological polar surface area (TPSA) is 81.5 Å². The molecule has 20 heavy (non-hydrogen) atoms. The van der Waals surface area contributed by atoms with Crippen molar-refractivity contribution in [3.05, 3.63) is 46.0 Å². The number of nitro groups is 1. The van der Waals surface area contributed by atoms with Crippen molar-refractivity contribution in [2.24, 2.45) is 0 Å². The molecule has 1 amide bonds. The van der Waals surface area contributed by atoms with Gasteiger partial charge in [0.25, 0.3) is 5.69 Å². The SMILES string of the molecule is C=Cc1cc(CNC(=O)OC(C)(C)C)cc([N+](=O)[O-])c1. The summed E-state index contributed by atoms with van der Waals surface area (Å²) >= 11 is 0. The van der Waals surface area contributed by atoms with Gasteiger partial charge < -0.3 is 10.1 Å². The molecule has 0 heterocycles. The lowest BCUT2D eigenvalue weighted by Crippen LogP contribution is -2.32. The number of rotatable bonds is 4. The summed E-state index contributed by atoms with van der Waals surface area (Å²) in [5.41, 5.74) is 0.613. The van der Waals surface area contributed by atoms with E-state index in [4.69, 9.17) is 4.74 Å². The molecule has 0 aliphatic rings. The molecule has 6 nitrogen and oxygen atoms in total. The summed E-state index contributed by atoms with van der Waals surface area (Å²) in [5, 5.41) is 13.4. The van der Waals surface area contributed by atoms with Crippen LogP contribution in [0, 0.1) is 10.1 Å². The number of hydrogen-bond donors (Lipinski definition) is 1. The number of carbonyl (C=O) groups excluding carboxylic acids is 1. The smallest absolute Gasteiger partial charge is 0.407 e. The molecule has 0 fully saturated rings. The van der Waals surface area contributed by atoms with Crippen LogP contribution in [0.5, 0.6) is 0 Å². The number of nitro benzene ring substituents is 1. The first kappa shape index (κ1) is 15.7. The fourth-order valence-electron chi connectivity index (χ4n) is 1.51. The molecule has 0 saturated carbocycles. The molecule has 1 aromatic carbocycles. The van der Waals surface area contributed by atoms with Crippen molar-refractivity contribution >= 4 is 17.9 Å². The van der Waals surface area contributed by atoms with E-state index in [0.29, 0.717) is 11.1 Å². The number of alkyl carbamates (subject to hydrolysis) is 1. The summed E-state index contributed by atoms with van der Waals surface area (Å²) in [5.74, 6) is 0. The second-order valence-electron chi connectivity index (χ2n) is 5.25. The van der Waals surface area contributed by atoms with Crippen LogP contribution in [0.25, 0.3) is 6.08 Å². The van der Waals surface area contributed by atoms with Gasteiger partial charge in [-0.1, -0.05) is 12.7 Å². The van der Waals surface area contributed by atoms with Gasteiger partial charge in [-0.15, -0.1) is 0 Å². The van der Waals surface area contributed by atoms with E-state index in [2.05, 4.69) is 11.9 Å². The van der Waals surface area contributed by atoms with Gasteiger partial charge in [0.05, 0.1) is 4.92 Å². The Morgan fingerprint density at radius 1 is 1.45 bits per heavy atom. The van der Waals surface area contributed by atoms with Crippen molar-refractivity contribution in [1.29, 1.82) is 0 Å². The number of ether oxygens (including phenoxy) is 1. The van der Waals surface area contributed by atoms with E-state index in [1.165, 1.54) is 18.2 Å². The van der Waals surface area contributed by atoms with Gasteiger partial charge in [0.1, 0.15) is 5.60 Å². The summed E-state index contributed by atoms with van der Waals surface area (Å²) < 4.78 is 5.09. The van der Waals surface area contributed by atoms with Gasteiger partial charge in [-0.2, -0.15) is 0 Å². The Balaban J connectivity index is 2.77. The molecule has 0 aliphatic carbocycles. The molecule has 0 unspecified atom stereocenters. The molecule has 0 saturated heterocycles. The molecule has 108 valence electrons. The number of carbonyl (C=O) groups is 1. The highest BCUT2D eigenvalue weighted by Crippen LogP contribution is 2.18. The quantitative estimate of drug-likeness (QED) is 0.677. The minimum atomic E-state index is -0.584. The number of nitrogens with zero attached hydrogens (tertiary/aromatic N) is 1. The van der Waals surface area contributed by atoms with Crippen molar-refractivity contribution in [2.75, 3.05) is 0 Å². The Morgan fingerprint density at radius 2 is 2.10 bits per heavy atom. The fraction of sp³-hybridized carbons (Fsp3) is 0.357. The zero-order chi connectivity index (χ0) is 15.3. The molecule has 0 bridgehead atoms. The number of nitrogens with one attached hydrogen (secondary N) is 1.